The minimum Gasteiger partial charge on any atom is -0.494 e. The molecule has 1 aromatic heterocycles. The predicted octanol–water partition coefficient (Wildman–Crippen LogP) is 5.07. The van der Waals surface area contributed by atoms with Crippen molar-refractivity contribution >= 4 is 39.8 Å². The maximum absolute atomic E-state index is 12.2. The molecular weight excluding hydrogens is 426 g/mol. The van der Waals surface area contributed by atoms with E-state index in [1.165, 1.54) is 18.3 Å². The Hall–Kier alpha value is -3.13. The molecule has 2 amide bonds. The molecule has 1 N–H and O–H groups in total. The maximum Gasteiger partial charge on any atom is 0.410 e. The number of amides is 2. The lowest BCUT2D eigenvalue weighted by Gasteiger charge is -2.31. The summed E-state index contributed by atoms with van der Waals surface area (Å²) in [4.78, 5) is 29.6. The number of aromatic nitrogens is 1. The van der Waals surface area contributed by atoms with Crippen molar-refractivity contribution in [3.05, 3.63) is 53.0 Å². The average molecular weight is 454 g/mol. The van der Waals surface area contributed by atoms with Gasteiger partial charge in [0.25, 0.3) is 0 Å². The van der Waals surface area contributed by atoms with Gasteiger partial charge in [0.05, 0.1) is 6.61 Å². The number of carbonyl (C=O) groups is 2. The Bertz CT molecular complexity index is 1060. The predicted molar refractivity (Wildman–Crippen MR) is 125 cm³/mol. The second-order valence-corrected chi connectivity index (χ2v) is 8.90. The highest BCUT2D eigenvalue weighted by Crippen LogP contribution is 2.28. The molecule has 7 nitrogen and oxygen atoms in total. The van der Waals surface area contributed by atoms with Crippen molar-refractivity contribution in [1.29, 1.82) is 0 Å². The molecule has 0 bridgehead atoms. The van der Waals surface area contributed by atoms with Gasteiger partial charge in [-0.25, -0.2) is 9.78 Å². The highest BCUT2D eigenvalue weighted by molar-refractivity contribution is 7.09. The van der Waals surface area contributed by atoms with Crippen molar-refractivity contribution in [2.24, 2.45) is 5.92 Å². The number of hydrogen-bond acceptors (Lipinski definition) is 6. The Morgan fingerprint density at radius 1 is 1.22 bits per heavy atom. The number of ether oxygens (including phenoxy) is 2. The first-order chi connectivity index (χ1) is 15.6. The molecule has 32 heavy (non-hydrogen) atoms. The van der Waals surface area contributed by atoms with E-state index >= 15 is 0 Å². The number of piperidine rings is 1. The second-order valence-electron chi connectivity index (χ2n) is 7.92. The zero-order valence-electron chi connectivity index (χ0n) is 18.1. The van der Waals surface area contributed by atoms with Gasteiger partial charge in [0.15, 0.2) is 0 Å². The van der Waals surface area contributed by atoms with E-state index in [1.807, 2.05) is 41.8 Å². The SMILES string of the molecule is CC(=O)Nc1cccc2ccc(OCCC3CCN(C(=O)OCc4nccs4)CC3)cc12. The van der Waals surface area contributed by atoms with Crippen molar-refractivity contribution in [3.63, 3.8) is 0 Å². The van der Waals surface area contributed by atoms with Crippen molar-refractivity contribution in [2.45, 2.75) is 32.8 Å². The topological polar surface area (TPSA) is 80.8 Å². The number of rotatable bonds is 7. The summed E-state index contributed by atoms with van der Waals surface area (Å²) < 4.78 is 11.4. The fraction of sp³-hybridized carbons (Fsp3) is 0.375. The van der Waals surface area contributed by atoms with E-state index in [2.05, 4.69) is 10.3 Å². The summed E-state index contributed by atoms with van der Waals surface area (Å²) in [5, 5.41) is 7.57. The van der Waals surface area contributed by atoms with Crippen LogP contribution in [-0.4, -0.2) is 41.6 Å². The molecule has 8 heteroatoms. The third-order valence-corrected chi connectivity index (χ3v) is 6.39. The van der Waals surface area contributed by atoms with Gasteiger partial charge in [0.2, 0.25) is 5.91 Å². The smallest absolute Gasteiger partial charge is 0.410 e. The van der Waals surface area contributed by atoms with Gasteiger partial charge in [-0.05, 0) is 48.8 Å². The minimum atomic E-state index is -0.263. The number of thiazole rings is 1. The van der Waals surface area contributed by atoms with Crippen molar-refractivity contribution in [3.8, 4) is 5.75 Å². The lowest BCUT2D eigenvalue weighted by molar-refractivity contribution is -0.114. The monoisotopic (exact) mass is 453 g/mol. The van der Waals surface area contributed by atoms with Gasteiger partial charge in [-0.1, -0.05) is 18.2 Å². The summed E-state index contributed by atoms with van der Waals surface area (Å²) in [5.74, 6) is 1.22. The lowest BCUT2D eigenvalue weighted by atomic mass is 9.94. The maximum atomic E-state index is 12.2. The van der Waals surface area contributed by atoms with Crippen LogP contribution in [0.2, 0.25) is 0 Å². The number of anilines is 1. The van der Waals surface area contributed by atoms with Crippen LogP contribution in [0.15, 0.2) is 48.0 Å². The van der Waals surface area contributed by atoms with Crippen molar-refractivity contribution < 1.29 is 19.1 Å². The summed E-state index contributed by atoms with van der Waals surface area (Å²) in [6.45, 7) is 3.77. The molecule has 4 rings (SSSR count). The largest absolute Gasteiger partial charge is 0.494 e. The van der Waals surface area contributed by atoms with Crippen molar-refractivity contribution in [2.75, 3.05) is 25.0 Å². The van der Waals surface area contributed by atoms with Gasteiger partial charge in [-0.15, -0.1) is 11.3 Å². The Morgan fingerprint density at radius 3 is 2.81 bits per heavy atom. The van der Waals surface area contributed by atoms with Crippen LogP contribution in [0.5, 0.6) is 5.75 Å². The van der Waals surface area contributed by atoms with E-state index in [0.717, 1.165) is 46.5 Å². The molecule has 0 unspecified atom stereocenters. The molecule has 2 heterocycles. The Balaban J connectivity index is 1.22. The average Bonchev–Trinajstić information content (AvgIpc) is 3.32. The van der Waals surface area contributed by atoms with E-state index in [-0.39, 0.29) is 18.6 Å². The molecule has 1 aliphatic rings. The summed E-state index contributed by atoms with van der Waals surface area (Å²) in [5.41, 5.74) is 0.787. The quantitative estimate of drug-likeness (QED) is 0.540. The summed E-state index contributed by atoms with van der Waals surface area (Å²) in [6.07, 6.45) is 4.27. The van der Waals surface area contributed by atoms with Gasteiger partial charge in [0, 0.05) is 42.7 Å². The number of fused-ring (bicyclic) bond motifs is 1. The number of carbonyl (C=O) groups excluding carboxylic acids is 2. The molecule has 1 fully saturated rings. The van der Waals surface area contributed by atoms with Gasteiger partial charge in [-0.2, -0.15) is 0 Å². The number of benzene rings is 2. The zero-order chi connectivity index (χ0) is 22.3. The van der Waals surface area contributed by atoms with Crippen LogP contribution in [-0.2, 0) is 16.1 Å². The first-order valence-electron chi connectivity index (χ1n) is 10.8. The number of nitrogens with zero attached hydrogens (tertiary/aromatic N) is 2. The van der Waals surface area contributed by atoms with Crippen LogP contribution in [0.1, 0.15) is 31.2 Å². The summed E-state index contributed by atoms with van der Waals surface area (Å²) in [6, 6.07) is 11.8. The third kappa shape index (κ3) is 5.76. The normalized spacial score (nSPS) is 14.3. The first kappa shape index (κ1) is 22.1. The van der Waals surface area contributed by atoms with Crippen LogP contribution < -0.4 is 10.1 Å². The Labute approximate surface area is 191 Å². The van der Waals surface area contributed by atoms with E-state index in [4.69, 9.17) is 9.47 Å². The third-order valence-electron chi connectivity index (χ3n) is 5.63. The number of nitrogens with one attached hydrogen (secondary N) is 1. The standard InChI is InChI=1S/C24H27N3O4S/c1-17(28)26-22-4-2-3-19-5-6-20(15-21(19)22)30-13-9-18-7-11-27(12-8-18)24(29)31-16-23-25-10-14-32-23/h2-6,10,14-15,18H,7-9,11-13,16H2,1H3,(H,26,28). The van der Waals surface area contributed by atoms with Crippen LogP contribution in [0.25, 0.3) is 10.8 Å². The molecule has 0 radical (unpaired) electrons. The Morgan fingerprint density at radius 2 is 2.06 bits per heavy atom. The van der Waals surface area contributed by atoms with Gasteiger partial charge in [-0.3, -0.25) is 4.79 Å². The van der Waals surface area contributed by atoms with Crippen LogP contribution in [0.4, 0.5) is 10.5 Å². The summed E-state index contributed by atoms with van der Waals surface area (Å²) >= 11 is 1.48. The second kappa shape index (κ2) is 10.5. The molecule has 1 aliphatic heterocycles. The minimum absolute atomic E-state index is 0.0952. The highest BCUT2D eigenvalue weighted by Gasteiger charge is 2.24. The molecule has 168 valence electrons. The molecule has 3 aromatic rings. The zero-order valence-corrected chi connectivity index (χ0v) is 18.9. The fourth-order valence-electron chi connectivity index (χ4n) is 3.93. The van der Waals surface area contributed by atoms with Crippen LogP contribution >= 0.6 is 11.3 Å². The van der Waals surface area contributed by atoms with Crippen LogP contribution in [0, 0.1) is 5.92 Å². The van der Waals surface area contributed by atoms with E-state index in [9.17, 15) is 9.59 Å². The van der Waals surface area contributed by atoms with Gasteiger partial charge in [0.1, 0.15) is 17.4 Å². The highest BCUT2D eigenvalue weighted by atomic mass is 32.1. The molecule has 0 saturated carbocycles. The van der Waals surface area contributed by atoms with E-state index < -0.39 is 0 Å². The lowest BCUT2D eigenvalue weighted by Crippen LogP contribution is -2.39. The van der Waals surface area contributed by atoms with E-state index in [1.54, 1.807) is 11.1 Å². The molecule has 0 atom stereocenters. The van der Waals surface area contributed by atoms with Crippen LogP contribution in [0.3, 0.4) is 0 Å². The van der Waals surface area contributed by atoms with Gasteiger partial charge >= 0.3 is 6.09 Å². The number of likely N-dealkylation sites (tertiary alicyclic amines) is 1. The first-order valence-corrected chi connectivity index (χ1v) is 11.7. The van der Waals surface area contributed by atoms with Gasteiger partial charge < -0.3 is 19.7 Å². The van der Waals surface area contributed by atoms with Crippen molar-refractivity contribution in [1.82, 2.24) is 9.88 Å². The molecular formula is C24H27N3O4S. The van der Waals surface area contributed by atoms with E-state index in [0.29, 0.717) is 25.6 Å². The molecule has 2 aromatic carbocycles. The fourth-order valence-corrected chi connectivity index (χ4v) is 4.45. The number of hydrogen-bond donors (Lipinski definition) is 1. The molecule has 0 aliphatic carbocycles. The molecule has 1 saturated heterocycles. The molecule has 0 spiro atoms. The Kier molecular flexibility index (Phi) is 7.21. The summed E-state index contributed by atoms with van der Waals surface area (Å²) in [7, 11) is 0.